The summed E-state index contributed by atoms with van der Waals surface area (Å²) in [6, 6.07) is 6.04. The van der Waals surface area contributed by atoms with Gasteiger partial charge >= 0.3 is 11.7 Å². The maximum absolute atomic E-state index is 12.9. The summed E-state index contributed by atoms with van der Waals surface area (Å²) in [4.78, 5) is 40.7. The van der Waals surface area contributed by atoms with Crippen LogP contribution in [-0.2, 0) is 16.0 Å². The van der Waals surface area contributed by atoms with Crippen LogP contribution in [0.3, 0.4) is 0 Å². The predicted molar refractivity (Wildman–Crippen MR) is 114 cm³/mol. The summed E-state index contributed by atoms with van der Waals surface area (Å²) in [5, 5.41) is 10.3. The molecule has 1 N–H and O–H groups in total. The highest BCUT2D eigenvalue weighted by atomic mass is 16.6. The minimum absolute atomic E-state index is 0.00240. The van der Waals surface area contributed by atoms with E-state index in [1.165, 1.54) is 18.2 Å². The molecule has 4 rings (SSSR count). The monoisotopic (exact) mass is 428 g/mol. The molecule has 1 unspecified atom stereocenters. The molecule has 2 aliphatic heterocycles. The zero-order chi connectivity index (χ0) is 22.1. The molecule has 0 spiro atoms. The van der Waals surface area contributed by atoms with Gasteiger partial charge in [0.25, 0.3) is 0 Å². The molecule has 1 aromatic carbocycles. The molecule has 2 amide bonds. The molecular weight excluding hydrogens is 400 g/mol. The Morgan fingerprint density at radius 2 is 1.94 bits per heavy atom. The van der Waals surface area contributed by atoms with Crippen molar-refractivity contribution in [2.45, 2.75) is 51.6 Å². The number of nitrogens with zero attached hydrogens (tertiary/aromatic N) is 2. The molecule has 31 heavy (non-hydrogen) atoms. The molecular formula is C23H28N2O6. The molecule has 166 valence electrons. The van der Waals surface area contributed by atoms with Gasteiger partial charge < -0.3 is 19.2 Å². The van der Waals surface area contributed by atoms with Gasteiger partial charge in [-0.3, -0.25) is 9.69 Å². The lowest BCUT2D eigenvalue weighted by atomic mass is 9.97. The summed E-state index contributed by atoms with van der Waals surface area (Å²) in [6.07, 6.45) is 2.16. The Labute approximate surface area is 180 Å². The average Bonchev–Trinajstić information content (AvgIpc) is 3.06. The summed E-state index contributed by atoms with van der Waals surface area (Å²) in [6.45, 7) is 5.83. The van der Waals surface area contributed by atoms with Crippen molar-refractivity contribution in [3.8, 4) is 5.75 Å². The van der Waals surface area contributed by atoms with Crippen LogP contribution in [0.25, 0.3) is 11.0 Å². The van der Waals surface area contributed by atoms with Crippen molar-refractivity contribution in [1.29, 1.82) is 0 Å². The molecule has 8 heteroatoms. The third-order valence-corrected chi connectivity index (χ3v) is 6.11. The number of phenolic OH excluding ortho intramolecular Hbond substituents is 1. The van der Waals surface area contributed by atoms with Crippen LogP contribution >= 0.6 is 0 Å². The smallest absolute Gasteiger partial charge is 0.410 e. The fourth-order valence-electron chi connectivity index (χ4n) is 4.68. The van der Waals surface area contributed by atoms with Crippen LogP contribution in [0.2, 0.25) is 0 Å². The van der Waals surface area contributed by atoms with Crippen LogP contribution in [0, 0.1) is 5.92 Å². The molecule has 2 saturated heterocycles. The van der Waals surface area contributed by atoms with Crippen LogP contribution in [0.1, 0.15) is 38.7 Å². The first-order valence-electron chi connectivity index (χ1n) is 10.8. The Morgan fingerprint density at radius 3 is 2.65 bits per heavy atom. The number of carbonyl (C=O) groups is 2. The second kappa shape index (κ2) is 8.61. The molecule has 0 saturated carbocycles. The van der Waals surface area contributed by atoms with Crippen LogP contribution in [0.4, 0.5) is 4.79 Å². The number of benzene rings is 1. The lowest BCUT2D eigenvalue weighted by molar-refractivity contribution is -0.131. The molecule has 0 aliphatic carbocycles. The fourth-order valence-corrected chi connectivity index (χ4v) is 4.68. The van der Waals surface area contributed by atoms with E-state index in [-0.39, 0.29) is 41.8 Å². The Morgan fingerprint density at radius 1 is 1.19 bits per heavy atom. The van der Waals surface area contributed by atoms with Crippen LogP contribution in [0.15, 0.2) is 33.5 Å². The normalized spacial score (nSPS) is 20.0. The highest BCUT2D eigenvalue weighted by Crippen LogP contribution is 2.28. The van der Waals surface area contributed by atoms with Gasteiger partial charge in [-0.05, 0) is 42.9 Å². The number of hydrogen-bond acceptors (Lipinski definition) is 6. The van der Waals surface area contributed by atoms with Gasteiger partial charge in [-0.2, -0.15) is 0 Å². The summed E-state index contributed by atoms with van der Waals surface area (Å²) >= 11 is 0. The summed E-state index contributed by atoms with van der Waals surface area (Å²) in [7, 11) is 0. The van der Waals surface area contributed by atoms with Gasteiger partial charge in [0.15, 0.2) is 0 Å². The molecule has 2 aliphatic rings. The van der Waals surface area contributed by atoms with E-state index in [2.05, 4.69) is 13.8 Å². The number of cyclic esters (lactones) is 1. The first kappa shape index (κ1) is 21.2. The molecule has 0 radical (unpaired) electrons. The first-order valence-corrected chi connectivity index (χ1v) is 10.8. The van der Waals surface area contributed by atoms with Crippen molar-refractivity contribution in [2.24, 2.45) is 5.92 Å². The minimum Gasteiger partial charge on any atom is -0.508 e. The molecule has 1 aromatic heterocycles. The SMILES string of the molecule is CC(C)CC1COC(=O)N1C1CCN(C(=O)Cc2cc(=O)oc3cc(O)ccc23)CC1. The van der Waals surface area contributed by atoms with E-state index in [0.29, 0.717) is 49.4 Å². The first-order chi connectivity index (χ1) is 14.8. The highest BCUT2D eigenvalue weighted by molar-refractivity contribution is 5.87. The largest absolute Gasteiger partial charge is 0.508 e. The fraction of sp³-hybridized carbons (Fsp3) is 0.522. The van der Waals surface area contributed by atoms with Gasteiger partial charge in [0, 0.05) is 36.7 Å². The molecule has 8 nitrogen and oxygen atoms in total. The van der Waals surface area contributed by atoms with Gasteiger partial charge in [0.1, 0.15) is 17.9 Å². The number of likely N-dealkylation sites (tertiary alicyclic amines) is 1. The van der Waals surface area contributed by atoms with E-state index in [1.807, 2.05) is 4.90 Å². The number of piperidine rings is 1. The van der Waals surface area contributed by atoms with Crippen molar-refractivity contribution in [3.63, 3.8) is 0 Å². The second-order valence-electron chi connectivity index (χ2n) is 8.83. The zero-order valence-corrected chi connectivity index (χ0v) is 17.9. The van der Waals surface area contributed by atoms with Crippen molar-refractivity contribution >= 4 is 23.0 Å². The zero-order valence-electron chi connectivity index (χ0n) is 17.9. The maximum atomic E-state index is 12.9. The molecule has 1 atom stereocenters. The van der Waals surface area contributed by atoms with E-state index in [4.69, 9.17) is 9.15 Å². The predicted octanol–water partition coefficient (Wildman–Crippen LogP) is 2.90. The van der Waals surface area contributed by atoms with Crippen LogP contribution < -0.4 is 5.63 Å². The molecule has 2 fully saturated rings. The lowest BCUT2D eigenvalue weighted by Crippen LogP contribution is -2.50. The van der Waals surface area contributed by atoms with Crippen molar-refractivity contribution < 1.29 is 23.8 Å². The number of ether oxygens (including phenoxy) is 1. The number of carbonyl (C=O) groups excluding carboxylic acids is 2. The standard InChI is InChI=1S/C23H28N2O6/c1-14(2)9-17-13-30-23(29)25(17)16-5-7-24(8-6-16)21(27)10-15-11-22(28)31-20-12-18(26)3-4-19(15)20/h3-4,11-12,14,16-17,26H,5-10,13H2,1-2H3. The van der Waals surface area contributed by atoms with Gasteiger partial charge in [0.05, 0.1) is 12.5 Å². The summed E-state index contributed by atoms with van der Waals surface area (Å²) < 4.78 is 10.4. The second-order valence-corrected chi connectivity index (χ2v) is 8.83. The molecule has 2 aromatic rings. The number of fused-ring (bicyclic) bond motifs is 1. The average molecular weight is 428 g/mol. The van der Waals surface area contributed by atoms with Gasteiger partial charge in [-0.25, -0.2) is 9.59 Å². The Hall–Kier alpha value is -3.03. The number of rotatable bonds is 5. The highest BCUT2D eigenvalue weighted by Gasteiger charge is 2.39. The molecule has 0 bridgehead atoms. The van der Waals surface area contributed by atoms with Gasteiger partial charge in [-0.1, -0.05) is 13.8 Å². The van der Waals surface area contributed by atoms with Gasteiger partial charge in [0.2, 0.25) is 5.91 Å². The van der Waals surface area contributed by atoms with E-state index in [9.17, 15) is 19.5 Å². The third-order valence-electron chi connectivity index (χ3n) is 6.11. The number of hydrogen-bond donors (Lipinski definition) is 1. The number of aromatic hydroxyl groups is 1. The Kier molecular flexibility index (Phi) is 5.89. The van der Waals surface area contributed by atoms with Crippen LogP contribution in [-0.4, -0.2) is 58.7 Å². The van der Waals surface area contributed by atoms with Crippen molar-refractivity contribution in [3.05, 3.63) is 40.2 Å². The topological polar surface area (TPSA) is 100 Å². The van der Waals surface area contributed by atoms with E-state index in [0.717, 1.165) is 6.42 Å². The van der Waals surface area contributed by atoms with Gasteiger partial charge in [-0.15, -0.1) is 0 Å². The Bertz CT molecular complexity index is 1040. The van der Waals surface area contributed by atoms with E-state index >= 15 is 0 Å². The number of phenols is 1. The number of amides is 2. The Balaban J connectivity index is 1.42. The summed E-state index contributed by atoms with van der Waals surface area (Å²) in [5.74, 6) is 0.405. The van der Waals surface area contributed by atoms with Crippen molar-refractivity contribution in [1.82, 2.24) is 9.80 Å². The van der Waals surface area contributed by atoms with Crippen molar-refractivity contribution in [2.75, 3.05) is 19.7 Å². The summed E-state index contributed by atoms with van der Waals surface area (Å²) in [5.41, 5.74) is 0.291. The van der Waals surface area contributed by atoms with Crippen LogP contribution in [0.5, 0.6) is 5.75 Å². The maximum Gasteiger partial charge on any atom is 0.410 e. The quantitative estimate of drug-likeness (QED) is 0.735. The molecule has 3 heterocycles. The van der Waals surface area contributed by atoms with E-state index in [1.54, 1.807) is 11.0 Å². The minimum atomic E-state index is -0.552. The third kappa shape index (κ3) is 4.52. The van der Waals surface area contributed by atoms with E-state index < -0.39 is 5.63 Å². The lowest BCUT2D eigenvalue weighted by Gasteiger charge is -2.38.